The van der Waals surface area contributed by atoms with Gasteiger partial charge in [0.2, 0.25) is 0 Å². The van der Waals surface area contributed by atoms with E-state index < -0.39 is 5.69 Å². The van der Waals surface area contributed by atoms with Crippen molar-refractivity contribution in [1.82, 2.24) is 25.0 Å². The number of nitrogens with zero attached hydrogens (tertiary/aromatic N) is 3. The summed E-state index contributed by atoms with van der Waals surface area (Å²) in [4.78, 5) is 29.7. The minimum Gasteiger partial charge on any atom is -0.300 e. The number of nitrogens with one attached hydrogen (secondary N) is 2. The van der Waals surface area contributed by atoms with Gasteiger partial charge in [0.1, 0.15) is 11.4 Å². The molecule has 0 unspecified atom stereocenters. The van der Waals surface area contributed by atoms with Crippen LogP contribution < -0.4 is 11.2 Å². The Labute approximate surface area is 183 Å². The molecule has 0 spiro atoms. The van der Waals surface area contributed by atoms with Gasteiger partial charge in [0.15, 0.2) is 0 Å². The van der Waals surface area contributed by atoms with Gasteiger partial charge in [-0.1, -0.05) is 91.0 Å². The average molecular weight is 421 g/mol. The van der Waals surface area contributed by atoms with Crippen molar-refractivity contribution in [3.8, 4) is 33.6 Å². The summed E-state index contributed by atoms with van der Waals surface area (Å²) < 4.78 is 1.28. The molecule has 0 saturated carbocycles. The zero-order chi connectivity index (χ0) is 21.9. The fourth-order valence-electron chi connectivity index (χ4n) is 3.68. The van der Waals surface area contributed by atoms with Gasteiger partial charge in [-0.2, -0.15) is 10.1 Å². The molecule has 3 aromatic carbocycles. The maximum Gasteiger partial charge on any atom is 0.364 e. The number of hydrogen-bond donors (Lipinski definition) is 2. The standard InChI is InChI=1S/C25H19N5O2/c31-24-21(17-10-4-1-5-11-17)20(27-28-24)16-30-25(32)26-22(18-12-6-2-7-13-18)23(29-30)19-14-8-3-9-15-19/h1-15H,16H2,(H2,27,28,31). The van der Waals surface area contributed by atoms with Crippen molar-refractivity contribution >= 4 is 0 Å². The summed E-state index contributed by atoms with van der Waals surface area (Å²) in [5.74, 6) is 0. The van der Waals surface area contributed by atoms with Crippen LogP contribution in [0.2, 0.25) is 0 Å². The van der Waals surface area contributed by atoms with Crippen LogP contribution in [0, 0.1) is 0 Å². The van der Waals surface area contributed by atoms with Crippen molar-refractivity contribution in [2.45, 2.75) is 6.54 Å². The second-order valence-corrected chi connectivity index (χ2v) is 7.28. The Morgan fingerprint density at radius 3 is 1.78 bits per heavy atom. The molecule has 7 heteroatoms. The van der Waals surface area contributed by atoms with Crippen LogP contribution in [0.1, 0.15) is 5.69 Å². The SMILES string of the molecule is O=c1[nH][nH]c(Cn2nc(-c3ccccc3)c(-c3ccccc3)nc2=O)c1-c1ccccc1. The Morgan fingerprint density at radius 2 is 1.19 bits per heavy atom. The summed E-state index contributed by atoms with van der Waals surface area (Å²) in [6, 6.07) is 28.4. The molecule has 0 atom stereocenters. The third-order valence-corrected chi connectivity index (χ3v) is 5.19. The van der Waals surface area contributed by atoms with E-state index in [0.29, 0.717) is 22.6 Å². The number of benzene rings is 3. The Hall–Kier alpha value is -4.52. The van der Waals surface area contributed by atoms with E-state index in [2.05, 4.69) is 20.3 Å². The van der Waals surface area contributed by atoms with E-state index in [9.17, 15) is 9.59 Å². The molecule has 156 valence electrons. The van der Waals surface area contributed by atoms with E-state index >= 15 is 0 Å². The third kappa shape index (κ3) is 3.67. The molecule has 0 aliphatic rings. The highest BCUT2D eigenvalue weighted by Gasteiger charge is 2.18. The number of aromatic amines is 2. The van der Waals surface area contributed by atoms with E-state index in [1.165, 1.54) is 4.68 Å². The molecule has 5 rings (SSSR count). The third-order valence-electron chi connectivity index (χ3n) is 5.19. The molecule has 2 heterocycles. The van der Waals surface area contributed by atoms with Crippen LogP contribution in [0.25, 0.3) is 33.6 Å². The van der Waals surface area contributed by atoms with Gasteiger partial charge in [0.25, 0.3) is 5.56 Å². The van der Waals surface area contributed by atoms with Gasteiger partial charge >= 0.3 is 5.69 Å². The molecular weight excluding hydrogens is 402 g/mol. The predicted molar refractivity (Wildman–Crippen MR) is 123 cm³/mol. The Morgan fingerprint density at radius 1 is 0.656 bits per heavy atom. The average Bonchev–Trinajstić information content (AvgIpc) is 3.21. The van der Waals surface area contributed by atoms with Gasteiger partial charge in [-0.05, 0) is 5.56 Å². The summed E-state index contributed by atoms with van der Waals surface area (Å²) in [6.07, 6.45) is 0. The molecular formula is C25H19N5O2. The largest absolute Gasteiger partial charge is 0.364 e. The lowest BCUT2D eigenvalue weighted by Crippen LogP contribution is -2.28. The fraction of sp³-hybridized carbons (Fsp3) is 0.0400. The van der Waals surface area contributed by atoms with Crippen molar-refractivity contribution < 1.29 is 0 Å². The number of aromatic nitrogens is 5. The maximum atomic E-state index is 12.9. The molecule has 2 aromatic heterocycles. The summed E-state index contributed by atoms with van der Waals surface area (Å²) in [5.41, 5.74) is 3.81. The highest BCUT2D eigenvalue weighted by molar-refractivity contribution is 5.77. The van der Waals surface area contributed by atoms with Crippen LogP contribution in [0.15, 0.2) is 101 Å². The lowest BCUT2D eigenvalue weighted by Gasteiger charge is -2.12. The maximum absolute atomic E-state index is 12.9. The lowest BCUT2D eigenvalue weighted by atomic mass is 10.0. The van der Waals surface area contributed by atoms with Crippen molar-refractivity contribution in [3.63, 3.8) is 0 Å². The van der Waals surface area contributed by atoms with Crippen LogP contribution in [0.4, 0.5) is 0 Å². The first kappa shape index (κ1) is 19.4. The van der Waals surface area contributed by atoms with Crippen molar-refractivity contribution in [3.05, 3.63) is 118 Å². The monoisotopic (exact) mass is 421 g/mol. The smallest absolute Gasteiger partial charge is 0.300 e. The van der Waals surface area contributed by atoms with Gasteiger partial charge in [0.05, 0.1) is 17.8 Å². The van der Waals surface area contributed by atoms with Crippen molar-refractivity contribution in [1.29, 1.82) is 0 Å². The van der Waals surface area contributed by atoms with Crippen LogP contribution in [0.5, 0.6) is 0 Å². The molecule has 5 aromatic rings. The molecule has 0 amide bonds. The summed E-state index contributed by atoms with van der Waals surface area (Å²) >= 11 is 0. The Bertz CT molecular complexity index is 1470. The Balaban J connectivity index is 1.65. The first-order chi connectivity index (χ1) is 15.7. The number of rotatable bonds is 5. The Kier molecular flexibility index (Phi) is 5.05. The van der Waals surface area contributed by atoms with Crippen molar-refractivity contribution in [2.75, 3.05) is 0 Å². The van der Waals surface area contributed by atoms with Gasteiger partial charge < -0.3 is 0 Å². The van der Waals surface area contributed by atoms with Crippen molar-refractivity contribution in [2.24, 2.45) is 0 Å². The zero-order valence-electron chi connectivity index (χ0n) is 17.0. The molecule has 0 radical (unpaired) electrons. The van der Waals surface area contributed by atoms with E-state index in [4.69, 9.17) is 0 Å². The van der Waals surface area contributed by atoms with Gasteiger partial charge in [-0.3, -0.25) is 15.0 Å². The second-order valence-electron chi connectivity index (χ2n) is 7.28. The quantitative estimate of drug-likeness (QED) is 0.452. The molecule has 2 N–H and O–H groups in total. The van der Waals surface area contributed by atoms with E-state index in [1.807, 2.05) is 91.0 Å². The zero-order valence-corrected chi connectivity index (χ0v) is 17.0. The molecule has 0 bridgehead atoms. The summed E-state index contributed by atoms with van der Waals surface area (Å²) in [5, 5.41) is 10.2. The molecule has 7 nitrogen and oxygen atoms in total. The van der Waals surface area contributed by atoms with Crippen LogP contribution >= 0.6 is 0 Å². The lowest BCUT2D eigenvalue weighted by molar-refractivity contribution is 0.609. The second kappa shape index (κ2) is 8.31. The van der Waals surface area contributed by atoms with E-state index in [1.54, 1.807) is 0 Å². The van der Waals surface area contributed by atoms with Crippen LogP contribution in [-0.2, 0) is 6.54 Å². The molecule has 0 fully saturated rings. The van der Waals surface area contributed by atoms with Gasteiger partial charge in [-0.15, -0.1) is 0 Å². The predicted octanol–water partition coefficient (Wildman–Crippen LogP) is 3.70. The minimum absolute atomic E-state index is 0.0731. The van der Waals surface area contributed by atoms with E-state index in [0.717, 1.165) is 16.7 Å². The molecule has 0 aliphatic carbocycles. The highest BCUT2D eigenvalue weighted by atomic mass is 16.1. The number of hydrogen-bond acceptors (Lipinski definition) is 4. The summed E-state index contributed by atoms with van der Waals surface area (Å²) in [7, 11) is 0. The first-order valence-electron chi connectivity index (χ1n) is 10.2. The molecule has 0 saturated heterocycles. The van der Waals surface area contributed by atoms with Gasteiger partial charge in [0, 0.05) is 11.1 Å². The topological polar surface area (TPSA) is 96.4 Å². The molecule has 32 heavy (non-hydrogen) atoms. The molecule has 0 aliphatic heterocycles. The fourth-order valence-corrected chi connectivity index (χ4v) is 3.68. The highest BCUT2D eigenvalue weighted by Crippen LogP contribution is 2.27. The van der Waals surface area contributed by atoms with Gasteiger partial charge in [-0.25, -0.2) is 9.48 Å². The van der Waals surface area contributed by atoms with E-state index in [-0.39, 0.29) is 12.1 Å². The van der Waals surface area contributed by atoms with Crippen LogP contribution in [0.3, 0.4) is 0 Å². The number of H-pyrrole nitrogens is 2. The van der Waals surface area contributed by atoms with Crippen LogP contribution in [-0.4, -0.2) is 25.0 Å². The minimum atomic E-state index is -0.496. The first-order valence-corrected chi connectivity index (χ1v) is 10.2. The summed E-state index contributed by atoms with van der Waals surface area (Å²) in [6.45, 7) is 0.0731. The normalized spacial score (nSPS) is 10.9.